The molecular formula is C9H12BrClFNO. The molecule has 0 spiro atoms. The maximum atomic E-state index is 13.2. The molecule has 0 aliphatic rings. The SMILES string of the molecule is CC[C@H](N)c1c(F)ccc(Br)c1O.Cl. The zero-order valence-electron chi connectivity index (χ0n) is 7.63. The quantitative estimate of drug-likeness (QED) is 0.876. The molecule has 0 saturated heterocycles. The number of benzene rings is 1. The Bertz CT molecular complexity index is 322. The fraction of sp³-hybridized carbons (Fsp3) is 0.333. The predicted molar refractivity (Wildman–Crippen MR) is 60.2 cm³/mol. The maximum absolute atomic E-state index is 13.2. The van der Waals surface area contributed by atoms with E-state index in [0.29, 0.717) is 10.9 Å². The molecule has 0 bridgehead atoms. The maximum Gasteiger partial charge on any atom is 0.137 e. The van der Waals surface area contributed by atoms with E-state index < -0.39 is 11.9 Å². The minimum Gasteiger partial charge on any atom is -0.506 e. The van der Waals surface area contributed by atoms with Crippen molar-refractivity contribution in [3.8, 4) is 5.75 Å². The monoisotopic (exact) mass is 283 g/mol. The van der Waals surface area contributed by atoms with Gasteiger partial charge in [-0.25, -0.2) is 4.39 Å². The topological polar surface area (TPSA) is 46.2 Å². The van der Waals surface area contributed by atoms with Crippen molar-refractivity contribution >= 4 is 28.3 Å². The lowest BCUT2D eigenvalue weighted by atomic mass is 10.0. The first-order valence-electron chi connectivity index (χ1n) is 4.00. The molecule has 1 aromatic rings. The number of phenols is 1. The van der Waals surface area contributed by atoms with Crippen molar-refractivity contribution in [2.45, 2.75) is 19.4 Å². The van der Waals surface area contributed by atoms with Crippen LogP contribution in [-0.4, -0.2) is 5.11 Å². The van der Waals surface area contributed by atoms with E-state index in [2.05, 4.69) is 15.9 Å². The Balaban J connectivity index is 0.00000169. The van der Waals surface area contributed by atoms with Gasteiger partial charge in [-0.05, 0) is 34.5 Å². The number of hydrogen-bond acceptors (Lipinski definition) is 2. The van der Waals surface area contributed by atoms with Crippen molar-refractivity contribution in [1.82, 2.24) is 0 Å². The number of rotatable bonds is 2. The lowest BCUT2D eigenvalue weighted by Gasteiger charge is -2.13. The normalized spacial score (nSPS) is 12.0. The summed E-state index contributed by atoms with van der Waals surface area (Å²) in [6, 6.07) is 2.28. The van der Waals surface area contributed by atoms with Crippen LogP contribution in [0.5, 0.6) is 5.75 Å². The minimum atomic E-state index is -0.463. The van der Waals surface area contributed by atoms with E-state index >= 15 is 0 Å². The number of phenolic OH excluding ortho intramolecular Hbond substituents is 1. The highest BCUT2D eigenvalue weighted by atomic mass is 79.9. The van der Waals surface area contributed by atoms with Gasteiger partial charge in [0.1, 0.15) is 11.6 Å². The standard InChI is InChI=1S/C9H11BrFNO.ClH/c1-2-7(12)8-6(11)4-3-5(10)9(8)13;/h3-4,7,13H,2,12H2,1H3;1H/t7-;/m0./s1. The lowest BCUT2D eigenvalue weighted by Crippen LogP contribution is -2.11. The third-order valence-electron chi connectivity index (χ3n) is 1.93. The largest absolute Gasteiger partial charge is 0.506 e. The summed E-state index contributed by atoms with van der Waals surface area (Å²) in [4.78, 5) is 0. The first kappa shape index (κ1) is 13.7. The van der Waals surface area contributed by atoms with Crippen molar-refractivity contribution in [2.24, 2.45) is 5.73 Å². The third kappa shape index (κ3) is 2.59. The average molecular weight is 285 g/mol. The molecule has 0 heterocycles. The number of hydrogen-bond donors (Lipinski definition) is 2. The Labute approximate surface area is 96.8 Å². The van der Waals surface area contributed by atoms with E-state index in [1.807, 2.05) is 6.92 Å². The van der Waals surface area contributed by atoms with Gasteiger partial charge in [-0.15, -0.1) is 12.4 Å². The van der Waals surface area contributed by atoms with Crippen LogP contribution in [0.2, 0.25) is 0 Å². The molecule has 80 valence electrons. The first-order chi connectivity index (χ1) is 6.07. The molecule has 3 N–H and O–H groups in total. The van der Waals surface area contributed by atoms with Crippen LogP contribution in [0.1, 0.15) is 24.9 Å². The molecule has 14 heavy (non-hydrogen) atoms. The Kier molecular flexibility index (Phi) is 5.41. The molecule has 1 aromatic carbocycles. The van der Waals surface area contributed by atoms with E-state index in [0.717, 1.165) is 0 Å². The highest BCUT2D eigenvalue weighted by Crippen LogP contribution is 2.33. The zero-order valence-corrected chi connectivity index (χ0v) is 10.0. The van der Waals surface area contributed by atoms with Gasteiger partial charge >= 0.3 is 0 Å². The summed E-state index contributed by atoms with van der Waals surface area (Å²) in [5.41, 5.74) is 5.82. The van der Waals surface area contributed by atoms with Crippen molar-refractivity contribution < 1.29 is 9.50 Å². The van der Waals surface area contributed by atoms with Gasteiger partial charge in [0, 0.05) is 11.6 Å². The van der Waals surface area contributed by atoms with Gasteiger partial charge < -0.3 is 10.8 Å². The van der Waals surface area contributed by atoms with Crippen LogP contribution in [0.3, 0.4) is 0 Å². The van der Waals surface area contributed by atoms with Gasteiger partial charge in [-0.1, -0.05) is 6.92 Å². The summed E-state index contributed by atoms with van der Waals surface area (Å²) in [6.07, 6.45) is 0.584. The molecule has 0 radical (unpaired) electrons. The molecule has 1 rings (SSSR count). The lowest BCUT2D eigenvalue weighted by molar-refractivity contribution is 0.444. The highest BCUT2D eigenvalue weighted by Gasteiger charge is 2.16. The van der Waals surface area contributed by atoms with E-state index in [-0.39, 0.29) is 23.7 Å². The summed E-state index contributed by atoms with van der Waals surface area (Å²) in [5, 5.41) is 9.51. The Morgan fingerprint density at radius 1 is 1.57 bits per heavy atom. The summed E-state index contributed by atoms with van der Waals surface area (Å²) in [6.45, 7) is 1.84. The third-order valence-corrected chi connectivity index (χ3v) is 2.57. The molecule has 0 aliphatic heterocycles. The number of aromatic hydroxyl groups is 1. The minimum absolute atomic E-state index is 0. The van der Waals surface area contributed by atoms with Gasteiger partial charge in [-0.3, -0.25) is 0 Å². The highest BCUT2D eigenvalue weighted by molar-refractivity contribution is 9.10. The second kappa shape index (κ2) is 5.53. The fourth-order valence-corrected chi connectivity index (χ4v) is 1.46. The van der Waals surface area contributed by atoms with Gasteiger partial charge in [-0.2, -0.15) is 0 Å². The van der Waals surface area contributed by atoms with E-state index in [4.69, 9.17) is 5.73 Å². The smallest absolute Gasteiger partial charge is 0.137 e. The van der Waals surface area contributed by atoms with Gasteiger partial charge in [0.2, 0.25) is 0 Å². The molecule has 5 heteroatoms. The molecule has 0 amide bonds. The van der Waals surface area contributed by atoms with Crippen molar-refractivity contribution in [3.05, 3.63) is 28.0 Å². The van der Waals surface area contributed by atoms with Crippen LogP contribution in [0.4, 0.5) is 4.39 Å². The Hall–Kier alpha value is -0.320. The summed E-state index contributed by atoms with van der Waals surface area (Å²) >= 11 is 3.11. The second-order valence-electron chi connectivity index (χ2n) is 2.81. The zero-order chi connectivity index (χ0) is 10.0. The van der Waals surface area contributed by atoms with Crippen LogP contribution < -0.4 is 5.73 Å². The van der Waals surface area contributed by atoms with Gasteiger partial charge in [0.05, 0.1) is 4.47 Å². The van der Waals surface area contributed by atoms with E-state index in [1.54, 1.807) is 0 Å². The van der Waals surface area contributed by atoms with Crippen LogP contribution in [-0.2, 0) is 0 Å². The molecule has 2 nitrogen and oxygen atoms in total. The summed E-state index contributed by atoms with van der Waals surface area (Å²) in [5.74, 6) is -0.565. The van der Waals surface area contributed by atoms with E-state index in [9.17, 15) is 9.50 Å². The van der Waals surface area contributed by atoms with Gasteiger partial charge in [0.25, 0.3) is 0 Å². The molecule has 0 aliphatic carbocycles. The Morgan fingerprint density at radius 2 is 2.14 bits per heavy atom. The Morgan fingerprint density at radius 3 is 2.64 bits per heavy atom. The van der Waals surface area contributed by atoms with Gasteiger partial charge in [0.15, 0.2) is 0 Å². The van der Waals surface area contributed by atoms with Crippen molar-refractivity contribution in [1.29, 1.82) is 0 Å². The average Bonchev–Trinajstić information content (AvgIpc) is 2.12. The molecule has 0 unspecified atom stereocenters. The summed E-state index contributed by atoms with van der Waals surface area (Å²) in [7, 11) is 0. The molecule has 0 saturated carbocycles. The molecule has 1 atom stereocenters. The first-order valence-corrected chi connectivity index (χ1v) is 4.79. The number of nitrogens with two attached hydrogens (primary N) is 1. The van der Waals surface area contributed by atoms with Crippen LogP contribution in [0.15, 0.2) is 16.6 Å². The van der Waals surface area contributed by atoms with Crippen LogP contribution >= 0.6 is 28.3 Å². The molecular weight excluding hydrogens is 272 g/mol. The number of halogens is 3. The van der Waals surface area contributed by atoms with E-state index in [1.165, 1.54) is 12.1 Å². The fourth-order valence-electron chi connectivity index (χ4n) is 1.11. The van der Waals surface area contributed by atoms with Crippen molar-refractivity contribution in [3.63, 3.8) is 0 Å². The second-order valence-corrected chi connectivity index (χ2v) is 3.66. The van der Waals surface area contributed by atoms with Crippen LogP contribution in [0.25, 0.3) is 0 Å². The van der Waals surface area contributed by atoms with Crippen molar-refractivity contribution in [2.75, 3.05) is 0 Å². The van der Waals surface area contributed by atoms with Crippen LogP contribution in [0, 0.1) is 5.82 Å². The molecule has 0 fully saturated rings. The summed E-state index contributed by atoms with van der Waals surface area (Å²) < 4.78 is 13.7. The molecule has 0 aromatic heterocycles. The predicted octanol–water partition coefficient (Wildman–Crippen LogP) is 3.13.